The molecule has 0 bridgehead atoms. The molecule has 170 valence electrons. The second kappa shape index (κ2) is 8.68. The standard InChI is InChI=1S/C23H26ClN3O3S2/c1-5-30-19(13-26(3)4)21-16-8-6-7-9-18(16)27(25)22(21)32(28,29)23-14(2)17-12-15(24)10-11-20(17)31-23/h6-12,19H,5,13,25H2,1-4H3. The monoisotopic (exact) mass is 491 g/mol. The first kappa shape index (κ1) is 23.1. The van der Waals surface area contributed by atoms with Gasteiger partial charge in [0.2, 0.25) is 9.84 Å². The lowest BCUT2D eigenvalue weighted by Gasteiger charge is -2.22. The fourth-order valence-corrected chi connectivity index (χ4v) is 7.74. The fourth-order valence-electron chi connectivity index (χ4n) is 4.13. The maximum Gasteiger partial charge on any atom is 0.233 e. The summed E-state index contributed by atoms with van der Waals surface area (Å²) in [6.45, 7) is 4.68. The summed E-state index contributed by atoms with van der Waals surface area (Å²) >= 11 is 7.40. The Bertz CT molecular complexity index is 1410. The van der Waals surface area contributed by atoms with E-state index in [0.29, 0.717) is 34.8 Å². The number of nitrogen functional groups attached to an aromatic ring is 1. The number of benzene rings is 2. The minimum atomic E-state index is -3.95. The molecule has 0 fully saturated rings. The Morgan fingerprint density at radius 1 is 1.19 bits per heavy atom. The van der Waals surface area contributed by atoms with Crippen molar-refractivity contribution in [3.05, 3.63) is 58.6 Å². The van der Waals surface area contributed by atoms with Crippen LogP contribution in [0.1, 0.15) is 24.2 Å². The number of fused-ring (bicyclic) bond motifs is 2. The number of ether oxygens (including phenoxy) is 1. The highest BCUT2D eigenvalue weighted by molar-refractivity contribution is 7.93. The highest BCUT2D eigenvalue weighted by atomic mass is 35.5. The number of para-hydroxylation sites is 1. The van der Waals surface area contributed by atoms with Gasteiger partial charge in [0.25, 0.3) is 0 Å². The number of nitrogens with zero attached hydrogens (tertiary/aromatic N) is 2. The van der Waals surface area contributed by atoms with Gasteiger partial charge in [0, 0.05) is 33.8 Å². The Morgan fingerprint density at radius 2 is 1.91 bits per heavy atom. The molecule has 0 aliphatic rings. The number of hydrogen-bond acceptors (Lipinski definition) is 6. The molecule has 1 unspecified atom stereocenters. The van der Waals surface area contributed by atoms with Crippen LogP contribution < -0.4 is 5.84 Å². The summed E-state index contributed by atoms with van der Waals surface area (Å²) in [6, 6.07) is 12.9. The molecule has 32 heavy (non-hydrogen) atoms. The quantitative estimate of drug-likeness (QED) is 0.368. The SMILES string of the molecule is CCOC(CN(C)C)c1c(S(=O)(=O)c2sc3ccc(Cl)cc3c2C)n(N)c2ccccc12. The van der Waals surface area contributed by atoms with Crippen LogP contribution in [-0.4, -0.2) is 45.2 Å². The Morgan fingerprint density at radius 3 is 2.59 bits per heavy atom. The zero-order chi connectivity index (χ0) is 23.2. The molecule has 6 nitrogen and oxygen atoms in total. The van der Waals surface area contributed by atoms with Crippen molar-refractivity contribution < 1.29 is 13.2 Å². The summed E-state index contributed by atoms with van der Waals surface area (Å²) in [5.41, 5.74) is 1.91. The van der Waals surface area contributed by atoms with Crippen LogP contribution in [0.3, 0.4) is 0 Å². The van der Waals surface area contributed by atoms with Crippen molar-refractivity contribution in [1.82, 2.24) is 9.58 Å². The number of nitrogens with two attached hydrogens (primary N) is 1. The number of rotatable bonds is 7. The fraction of sp³-hybridized carbons (Fsp3) is 0.304. The first-order valence-electron chi connectivity index (χ1n) is 10.2. The molecule has 0 spiro atoms. The van der Waals surface area contributed by atoms with Gasteiger partial charge in [-0.2, -0.15) is 0 Å². The van der Waals surface area contributed by atoms with Crippen LogP contribution in [0, 0.1) is 6.92 Å². The highest BCUT2D eigenvalue weighted by Crippen LogP contribution is 2.42. The normalized spacial score (nSPS) is 13.4. The maximum absolute atomic E-state index is 14.1. The predicted molar refractivity (Wildman–Crippen MR) is 132 cm³/mol. The number of halogens is 1. The van der Waals surface area contributed by atoms with E-state index in [-0.39, 0.29) is 9.24 Å². The van der Waals surface area contributed by atoms with Gasteiger partial charge in [0.1, 0.15) is 4.21 Å². The van der Waals surface area contributed by atoms with Crippen LogP contribution in [0.5, 0.6) is 0 Å². The topological polar surface area (TPSA) is 77.6 Å². The molecule has 4 aromatic rings. The molecular formula is C23H26ClN3O3S2. The van der Waals surface area contributed by atoms with E-state index in [2.05, 4.69) is 0 Å². The maximum atomic E-state index is 14.1. The second-order valence-electron chi connectivity index (χ2n) is 7.97. The third kappa shape index (κ3) is 3.80. The minimum Gasteiger partial charge on any atom is -0.372 e. The number of likely N-dealkylation sites (N-methyl/N-ethyl adjacent to an activating group) is 1. The Kier molecular flexibility index (Phi) is 6.26. The van der Waals surface area contributed by atoms with E-state index in [1.165, 1.54) is 16.0 Å². The van der Waals surface area contributed by atoms with E-state index in [1.807, 2.05) is 63.2 Å². The summed E-state index contributed by atoms with van der Waals surface area (Å²) in [6.07, 6.45) is -0.460. The zero-order valence-corrected chi connectivity index (χ0v) is 20.8. The molecule has 2 aromatic carbocycles. The van der Waals surface area contributed by atoms with Crippen LogP contribution in [0.25, 0.3) is 21.0 Å². The van der Waals surface area contributed by atoms with Crippen molar-refractivity contribution >= 4 is 53.8 Å². The van der Waals surface area contributed by atoms with Gasteiger partial charge in [-0.1, -0.05) is 29.8 Å². The second-order valence-corrected chi connectivity index (χ2v) is 11.5. The summed E-state index contributed by atoms with van der Waals surface area (Å²) in [5, 5.41) is 2.24. The van der Waals surface area contributed by atoms with Gasteiger partial charge in [0.15, 0.2) is 5.03 Å². The lowest BCUT2D eigenvalue weighted by Crippen LogP contribution is -2.25. The molecule has 2 heterocycles. The van der Waals surface area contributed by atoms with Crippen molar-refractivity contribution in [2.24, 2.45) is 0 Å². The van der Waals surface area contributed by atoms with Crippen molar-refractivity contribution in [1.29, 1.82) is 0 Å². The van der Waals surface area contributed by atoms with Crippen LogP contribution >= 0.6 is 22.9 Å². The first-order chi connectivity index (χ1) is 15.2. The summed E-state index contributed by atoms with van der Waals surface area (Å²) in [4.78, 5) is 1.98. The van der Waals surface area contributed by atoms with E-state index in [4.69, 9.17) is 22.2 Å². The van der Waals surface area contributed by atoms with E-state index in [0.717, 1.165) is 15.5 Å². The van der Waals surface area contributed by atoms with Crippen molar-refractivity contribution in [2.75, 3.05) is 33.1 Å². The molecular weight excluding hydrogens is 466 g/mol. The first-order valence-corrected chi connectivity index (χ1v) is 12.9. The Hall–Kier alpha value is -2.10. The van der Waals surface area contributed by atoms with Crippen LogP contribution in [-0.2, 0) is 14.6 Å². The molecule has 0 saturated carbocycles. The molecule has 0 radical (unpaired) electrons. The average Bonchev–Trinajstić information content (AvgIpc) is 3.23. The molecule has 0 saturated heterocycles. The lowest BCUT2D eigenvalue weighted by atomic mass is 10.1. The van der Waals surface area contributed by atoms with Gasteiger partial charge in [-0.05, 0) is 63.2 Å². The van der Waals surface area contributed by atoms with Gasteiger partial charge in [-0.3, -0.25) is 4.68 Å². The van der Waals surface area contributed by atoms with Crippen LogP contribution in [0.15, 0.2) is 51.7 Å². The summed E-state index contributed by atoms with van der Waals surface area (Å²) in [5.74, 6) is 6.45. The number of hydrogen-bond donors (Lipinski definition) is 1. The third-order valence-corrected chi connectivity index (χ3v) is 9.41. The largest absolute Gasteiger partial charge is 0.372 e. The molecule has 0 amide bonds. The summed E-state index contributed by atoms with van der Waals surface area (Å²) < 4.78 is 36.7. The van der Waals surface area contributed by atoms with Gasteiger partial charge >= 0.3 is 0 Å². The smallest absolute Gasteiger partial charge is 0.233 e. The van der Waals surface area contributed by atoms with Crippen molar-refractivity contribution in [3.63, 3.8) is 0 Å². The van der Waals surface area contributed by atoms with Gasteiger partial charge < -0.3 is 15.5 Å². The summed E-state index contributed by atoms with van der Waals surface area (Å²) in [7, 11) is -0.0873. The molecule has 2 N–H and O–H groups in total. The molecule has 0 aliphatic heterocycles. The lowest BCUT2D eigenvalue weighted by molar-refractivity contribution is 0.0423. The highest BCUT2D eigenvalue weighted by Gasteiger charge is 2.35. The molecule has 4 rings (SSSR count). The van der Waals surface area contributed by atoms with Crippen molar-refractivity contribution in [2.45, 2.75) is 29.2 Å². The van der Waals surface area contributed by atoms with Crippen molar-refractivity contribution in [3.8, 4) is 0 Å². The number of aryl methyl sites for hydroxylation is 1. The van der Waals surface area contributed by atoms with Crippen LogP contribution in [0.2, 0.25) is 5.02 Å². The van der Waals surface area contributed by atoms with E-state index in [1.54, 1.807) is 12.1 Å². The predicted octanol–water partition coefficient (Wildman–Crippen LogP) is 5.00. The molecule has 2 aromatic heterocycles. The molecule has 1 atom stereocenters. The van der Waals surface area contributed by atoms with Gasteiger partial charge in [0.05, 0.1) is 11.6 Å². The average molecular weight is 492 g/mol. The minimum absolute atomic E-state index is 0.0692. The molecule has 9 heteroatoms. The van der Waals surface area contributed by atoms with E-state index >= 15 is 0 Å². The zero-order valence-electron chi connectivity index (χ0n) is 18.4. The number of thiophene rings is 1. The van der Waals surface area contributed by atoms with E-state index in [9.17, 15) is 8.42 Å². The number of aromatic nitrogens is 1. The third-order valence-electron chi connectivity index (χ3n) is 5.48. The number of sulfone groups is 1. The van der Waals surface area contributed by atoms with E-state index < -0.39 is 15.9 Å². The Balaban J connectivity index is 2.04. The Labute approximate surface area is 197 Å². The van der Waals surface area contributed by atoms with Crippen LogP contribution in [0.4, 0.5) is 0 Å². The molecule has 0 aliphatic carbocycles. The van der Waals surface area contributed by atoms with Gasteiger partial charge in [-0.15, -0.1) is 11.3 Å². The van der Waals surface area contributed by atoms with Gasteiger partial charge in [-0.25, -0.2) is 8.42 Å².